The maximum atomic E-state index is 13.6. The second kappa shape index (κ2) is 6.06. The molecule has 0 spiro atoms. The van der Waals surface area contributed by atoms with Gasteiger partial charge in [0.2, 0.25) is 0 Å². The Balaban J connectivity index is 1.81. The van der Waals surface area contributed by atoms with Crippen molar-refractivity contribution >= 4 is 15.9 Å². The number of aryl methyl sites for hydroxylation is 1. The molecule has 0 bridgehead atoms. The van der Waals surface area contributed by atoms with Crippen LogP contribution < -0.4 is 9.03 Å². The van der Waals surface area contributed by atoms with Crippen molar-refractivity contribution in [3.8, 4) is 0 Å². The van der Waals surface area contributed by atoms with E-state index in [2.05, 4.69) is 4.72 Å². The summed E-state index contributed by atoms with van der Waals surface area (Å²) in [6, 6.07) is 13.6. The molecule has 0 aliphatic carbocycles. The third-order valence-corrected chi connectivity index (χ3v) is 5.23. The minimum atomic E-state index is -3.70. The van der Waals surface area contributed by atoms with Crippen molar-refractivity contribution in [2.45, 2.75) is 19.4 Å². The van der Waals surface area contributed by atoms with Crippen molar-refractivity contribution in [1.82, 2.24) is 4.72 Å². The van der Waals surface area contributed by atoms with Gasteiger partial charge in [0.05, 0.1) is 5.69 Å². The van der Waals surface area contributed by atoms with Crippen LogP contribution in [0.1, 0.15) is 17.5 Å². The smallest absolute Gasteiger partial charge is 0.258 e. The molecule has 2 aromatic rings. The van der Waals surface area contributed by atoms with Crippen LogP contribution in [-0.2, 0) is 23.2 Å². The Kier molecular flexibility index (Phi) is 4.13. The number of hydrogen-bond acceptors (Lipinski definition) is 2. The Bertz CT molecular complexity index is 777. The first-order chi connectivity index (χ1) is 10.6. The number of fused-ring (bicyclic) bond motifs is 1. The van der Waals surface area contributed by atoms with Crippen molar-refractivity contribution in [2.24, 2.45) is 0 Å². The summed E-state index contributed by atoms with van der Waals surface area (Å²) in [7, 11) is -3.70. The second-order valence-corrected chi connectivity index (χ2v) is 6.90. The number of rotatable bonds is 4. The number of nitrogens with one attached hydrogen (secondary N) is 1. The van der Waals surface area contributed by atoms with E-state index in [-0.39, 0.29) is 6.54 Å². The molecule has 0 saturated heterocycles. The van der Waals surface area contributed by atoms with Gasteiger partial charge in [0, 0.05) is 18.7 Å². The number of hydrogen-bond donors (Lipinski definition) is 1. The highest BCUT2D eigenvalue weighted by Gasteiger charge is 2.26. The van der Waals surface area contributed by atoms with Gasteiger partial charge in [-0.15, -0.1) is 0 Å². The first kappa shape index (κ1) is 15.0. The predicted octanol–water partition coefficient (Wildman–Crippen LogP) is 2.61. The molecule has 22 heavy (non-hydrogen) atoms. The number of benzene rings is 2. The molecule has 1 aliphatic rings. The van der Waals surface area contributed by atoms with Crippen molar-refractivity contribution in [3.63, 3.8) is 0 Å². The molecule has 0 amide bonds. The molecule has 1 heterocycles. The molecular formula is C16H17FN2O2S. The molecule has 3 rings (SSSR count). The summed E-state index contributed by atoms with van der Waals surface area (Å²) in [5, 5.41) is 0. The fourth-order valence-corrected chi connectivity index (χ4v) is 3.94. The lowest BCUT2D eigenvalue weighted by Crippen LogP contribution is -2.43. The molecule has 0 aromatic heterocycles. The SMILES string of the molecule is O=S(=O)(NCc1ccccc1F)N1CCCc2ccccc21. The zero-order valence-corrected chi connectivity index (χ0v) is 12.8. The monoisotopic (exact) mass is 320 g/mol. The normalized spacial score (nSPS) is 14.7. The van der Waals surface area contributed by atoms with Crippen LogP contribution in [0.3, 0.4) is 0 Å². The lowest BCUT2D eigenvalue weighted by atomic mass is 10.0. The Hall–Kier alpha value is -1.92. The van der Waals surface area contributed by atoms with E-state index in [0.717, 1.165) is 18.4 Å². The second-order valence-electron chi connectivity index (χ2n) is 5.22. The molecule has 4 nitrogen and oxygen atoms in total. The van der Waals surface area contributed by atoms with E-state index >= 15 is 0 Å². The molecule has 0 saturated carbocycles. The van der Waals surface area contributed by atoms with Crippen LogP contribution >= 0.6 is 0 Å². The zero-order valence-electron chi connectivity index (χ0n) is 12.0. The van der Waals surface area contributed by atoms with E-state index in [9.17, 15) is 12.8 Å². The van der Waals surface area contributed by atoms with Gasteiger partial charge in [-0.25, -0.2) is 4.39 Å². The number of nitrogens with zero attached hydrogens (tertiary/aromatic N) is 1. The first-order valence-electron chi connectivity index (χ1n) is 7.16. The largest absolute Gasteiger partial charge is 0.301 e. The van der Waals surface area contributed by atoms with E-state index in [0.29, 0.717) is 17.8 Å². The van der Waals surface area contributed by atoms with Crippen LogP contribution in [-0.4, -0.2) is 15.0 Å². The fraction of sp³-hybridized carbons (Fsp3) is 0.250. The van der Waals surface area contributed by atoms with Gasteiger partial charge < -0.3 is 0 Å². The van der Waals surface area contributed by atoms with Crippen LogP contribution in [0.15, 0.2) is 48.5 Å². The Morgan fingerprint density at radius 3 is 2.64 bits per heavy atom. The van der Waals surface area contributed by atoms with Gasteiger partial charge in [0.1, 0.15) is 5.82 Å². The van der Waals surface area contributed by atoms with E-state index < -0.39 is 16.0 Å². The van der Waals surface area contributed by atoms with Crippen molar-refractivity contribution in [2.75, 3.05) is 10.8 Å². The number of para-hydroxylation sites is 1. The summed E-state index contributed by atoms with van der Waals surface area (Å²) >= 11 is 0. The lowest BCUT2D eigenvalue weighted by Gasteiger charge is -2.30. The van der Waals surface area contributed by atoms with Crippen molar-refractivity contribution < 1.29 is 12.8 Å². The minimum absolute atomic E-state index is 0.0618. The van der Waals surface area contributed by atoms with E-state index in [1.54, 1.807) is 24.3 Å². The van der Waals surface area contributed by atoms with Crippen LogP contribution in [0.2, 0.25) is 0 Å². The lowest BCUT2D eigenvalue weighted by molar-refractivity contribution is 0.566. The third-order valence-electron chi connectivity index (χ3n) is 3.76. The van der Waals surface area contributed by atoms with Gasteiger partial charge in [-0.3, -0.25) is 4.31 Å². The van der Waals surface area contributed by atoms with Gasteiger partial charge in [0.15, 0.2) is 0 Å². The molecule has 0 radical (unpaired) electrons. The molecule has 0 atom stereocenters. The molecule has 6 heteroatoms. The fourth-order valence-electron chi connectivity index (χ4n) is 2.64. The first-order valence-corrected chi connectivity index (χ1v) is 8.60. The maximum absolute atomic E-state index is 13.6. The molecule has 116 valence electrons. The standard InChI is InChI=1S/C16H17FN2O2S/c17-15-9-3-1-7-14(15)12-18-22(20,21)19-11-5-8-13-6-2-4-10-16(13)19/h1-4,6-7,9-10,18H,5,8,11-12H2. The van der Waals surface area contributed by atoms with E-state index in [1.165, 1.54) is 10.4 Å². The molecule has 0 fully saturated rings. The molecule has 2 aromatic carbocycles. The highest BCUT2D eigenvalue weighted by atomic mass is 32.2. The summed E-state index contributed by atoms with van der Waals surface area (Å²) in [6.07, 6.45) is 1.65. The van der Waals surface area contributed by atoms with Crippen LogP contribution in [0, 0.1) is 5.82 Å². The van der Waals surface area contributed by atoms with Crippen molar-refractivity contribution in [3.05, 3.63) is 65.5 Å². The topological polar surface area (TPSA) is 49.4 Å². The Morgan fingerprint density at radius 2 is 1.82 bits per heavy atom. The molecule has 0 unspecified atom stereocenters. The summed E-state index contributed by atoms with van der Waals surface area (Å²) in [6.45, 7) is 0.372. The Morgan fingerprint density at radius 1 is 1.09 bits per heavy atom. The maximum Gasteiger partial charge on any atom is 0.301 e. The van der Waals surface area contributed by atoms with Crippen molar-refractivity contribution in [1.29, 1.82) is 0 Å². The highest BCUT2D eigenvalue weighted by molar-refractivity contribution is 7.90. The van der Waals surface area contributed by atoms with Crippen LogP contribution in [0.4, 0.5) is 10.1 Å². The summed E-state index contributed by atoms with van der Waals surface area (Å²) in [5.74, 6) is -0.413. The Labute approximate surface area is 129 Å². The average molecular weight is 320 g/mol. The van der Waals surface area contributed by atoms with Crippen LogP contribution in [0.25, 0.3) is 0 Å². The number of anilines is 1. The third kappa shape index (κ3) is 2.98. The number of halogens is 1. The molecule has 1 aliphatic heterocycles. The summed E-state index contributed by atoms with van der Waals surface area (Å²) in [4.78, 5) is 0. The zero-order chi connectivity index (χ0) is 15.6. The minimum Gasteiger partial charge on any atom is -0.258 e. The highest BCUT2D eigenvalue weighted by Crippen LogP contribution is 2.28. The van der Waals surface area contributed by atoms with Crippen LogP contribution in [0.5, 0.6) is 0 Å². The predicted molar refractivity (Wildman–Crippen MR) is 84.3 cm³/mol. The van der Waals surface area contributed by atoms with Gasteiger partial charge in [-0.05, 0) is 30.5 Å². The average Bonchev–Trinajstić information content (AvgIpc) is 2.53. The summed E-state index contributed by atoms with van der Waals surface area (Å²) < 4.78 is 42.5. The van der Waals surface area contributed by atoms with E-state index in [1.807, 2.05) is 18.2 Å². The van der Waals surface area contributed by atoms with Gasteiger partial charge in [-0.1, -0.05) is 36.4 Å². The van der Waals surface area contributed by atoms with Gasteiger partial charge in [0.25, 0.3) is 0 Å². The molecular weight excluding hydrogens is 303 g/mol. The van der Waals surface area contributed by atoms with Gasteiger partial charge in [-0.2, -0.15) is 13.1 Å². The quantitative estimate of drug-likeness (QED) is 0.941. The summed E-state index contributed by atoms with van der Waals surface area (Å²) in [5.41, 5.74) is 2.05. The molecule has 1 N–H and O–H groups in total. The van der Waals surface area contributed by atoms with Gasteiger partial charge >= 0.3 is 10.2 Å². The van der Waals surface area contributed by atoms with E-state index in [4.69, 9.17) is 0 Å².